The first-order valence-corrected chi connectivity index (χ1v) is 6.16. The molecular weight excluding hydrogens is 236 g/mol. The average molecular weight is 246 g/mol. The van der Waals surface area contributed by atoms with E-state index in [9.17, 15) is 22.9 Å². The van der Waals surface area contributed by atoms with Crippen molar-refractivity contribution in [2.75, 3.05) is 12.4 Å². The van der Waals surface area contributed by atoms with Gasteiger partial charge in [0.2, 0.25) is 0 Å². The van der Waals surface area contributed by atoms with E-state index >= 15 is 0 Å². The number of nitro benzene ring substituents is 1. The first-order valence-electron chi connectivity index (χ1n) is 4.51. The highest BCUT2D eigenvalue weighted by Crippen LogP contribution is 2.24. The van der Waals surface area contributed by atoms with Crippen molar-refractivity contribution in [2.45, 2.75) is 11.3 Å². The van der Waals surface area contributed by atoms with E-state index in [1.54, 1.807) is 0 Å². The minimum absolute atomic E-state index is 0.158. The van der Waals surface area contributed by atoms with E-state index in [1.807, 2.05) is 0 Å². The quantitative estimate of drug-likeness (QED) is 0.585. The van der Waals surface area contributed by atoms with Gasteiger partial charge in [0.25, 0.3) is 5.69 Å². The van der Waals surface area contributed by atoms with E-state index in [0.717, 1.165) is 12.1 Å². The minimum Gasteiger partial charge on any atom is -0.258 e. The summed E-state index contributed by atoms with van der Waals surface area (Å²) in [6.07, 6.45) is -0.158. The van der Waals surface area contributed by atoms with Gasteiger partial charge >= 0.3 is 0 Å². The summed E-state index contributed by atoms with van der Waals surface area (Å²) in [6, 6.07) is 5.05. The van der Waals surface area contributed by atoms with Gasteiger partial charge in [-0.05, 0) is 12.5 Å². The zero-order valence-electron chi connectivity index (χ0n) is 8.30. The van der Waals surface area contributed by atoms with Gasteiger partial charge in [0.15, 0.2) is 9.84 Å². The molecular formula is C9H10FNO4S. The monoisotopic (exact) mass is 246 g/mol. The normalized spacial score (nSPS) is 11.3. The van der Waals surface area contributed by atoms with Crippen molar-refractivity contribution in [1.29, 1.82) is 0 Å². The number of hydrogen-bond acceptors (Lipinski definition) is 4. The van der Waals surface area contributed by atoms with E-state index < -0.39 is 32.9 Å². The molecule has 1 aromatic carbocycles. The minimum atomic E-state index is -3.78. The molecule has 0 saturated carbocycles. The third-order valence-corrected chi connectivity index (χ3v) is 3.79. The molecule has 16 heavy (non-hydrogen) atoms. The summed E-state index contributed by atoms with van der Waals surface area (Å²) >= 11 is 0. The standard InChI is InChI=1S/C9H10FNO4S/c10-6-3-7-16(14,15)9-5-2-1-4-8(9)11(12)13/h1-2,4-5H,3,6-7H2/i10-1. The maximum absolute atomic E-state index is 11.9. The van der Waals surface area contributed by atoms with Crippen LogP contribution in [-0.4, -0.2) is 25.8 Å². The van der Waals surface area contributed by atoms with E-state index in [0.29, 0.717) is 0 Å². The first-order chi connectivity index (χ1) is 7.49. The Hall–Kier alpha value is -1.50. The van der Waals surface area contributed by atoms with Crippen molar-refractivity contribution >= 4 is 15.5 Å². The number of benzene rings is 1. The number of halogens is 1. The molecule has 88 valence electrons. The van der Waals surface area contributed by atoms with Crippen LogP contribution in [0.5, 0.6) is 0 Å². The van der Waals surface area contributed by atoms with Crippen LogP contribution in [0.3, 0.4) is 0 Å². The summed E-state index contributed by atoms with van der Waals surface area (Å²) in [5.74, 6) is -0.422. The van der Waals surface area contributed by atoms with Gasteiger partial charge in [0.1, 0.15) is 4.90 Å². The molecule has 7 heteroatoms. The highest BCUT2D eigenvalue weighted by molar-refractivity contribution is 7.91. The Morgan fingerprint density at radius 1 is 1.31 bits per heavy atom. The summed E-state index contributed by atoms with van der Waals surface area (Å²) in [5.41, 5.74) is -0.471. The van der Waals surface area contributed by atoms with Crippen molar-refractivity contribution in [3.63, 3.8) is 0 Å². The Morgan fingerprint density at radius 2 is 1.94 bits per heavy atom. The Labute approximate surface area is 92.0 Å². The number of nitro groups is 1. The SMILES string of the molecule is O=[N+]([O-])c1ccccc1S(=O)(=O)CCC[18F]. The molecule has 0 heterocycles. The van der Waals surface area contributed by atoms with Crippen LogP contribution >= 0.6 is 0 Å². The molecule has 5 nitrogen and oxygen atoms in total. The van der Waals surface area contributed by atoms with Crippen LogP contribution in [0.25, 0.3) is 0 Å². The predicted molar refractivity (Wildman–Crippen MR) is 55.7 cm³/mol. The Morgan fingerprint density at radius 3 is 2.50 bits per heavy atom. The highest BCUT2D eigenvalue weighted by atomic mass is 32.2. The van der Waals surface area contributed by atoms with Crippen LogP contribution < -0.4 is 0 Å². The molecule has 0 radical (unpaired) electrons. The van der Waals surface area contributed by atoms with Crippen LogP contribution in [0.1, 0.15) is 6.42 Å². The molecule has 0 amide bonds. The summed E-state index contributed by atoms with van der Waals surface area (Å²) in [6.45, 7) is -0.764. The molecule has 0 aliphatic carbocycles. The molecule has 0 aliphatic heterocycles. The summed E-state index contributed by atoms with van der Waals surface area (Å²) in [5, 5.41) is 10.6. The lowest BCUT2D eigenvalue weighted by Crippen LogP contribution is -2.09. The second-order valence-electron chi connectivity index (χ2n) is 3.09. The van der Waals surface area contributed by atoms with Crippen LogP contribution in [0.2, 0.25) is 0 Å². The number of hydrogen-bond donors (Lipinski definition) is 0. The molecule has 0 spiro atoms. The molecule has 0 bridgehead atoms. The maximum atomic E-state index is 11.9. The molecule has 1 aromatic rings. The van der Waals surface area contributed by atoms with Gasteiger partial charge in [0, 0.05) is 6.07 Å². The molecule has 0 saturated heterocycles. The van der Waals surface area contributed by atoms with Gasteiger partial charge in [-0.3, -0.25) is 14.5 Å². The maximum Gasteiger partial charge on any atom is 0.287 e. The molecule has 0 fully saturated rings. The van der Waals surface area contributed by atoms with Crippen molar-refractivity contribution < 1.29 is 17.7 Å². The fourth-order valence-electron chi connectivity index (χ4n) is 1.23. The van der Waals surface area contributed by atoms with Crippen molar-refractivity contribution in [2.24, 2.45) is 0 Å². The van der Waals surface area contributed by atoms with Crippen molar-refractivity contribution in [3.05, 3.63) is 34.4 Å². The number of nitrogens with zero attached hydrogens (tertiary/aromatic N) is 1. The van der Waals surface area contributed by atoms with Gasteiger partial charge in [-0.25, -0.2) is 8.42 Å². The number of rotatable bonds is 5. The molecule has 0 unspecified atom stereocenters. The fourth-order valence-corrected chi connectivity index (χ4v) is 2.68. The predicted octanol–water partition coefficient (Wildman–Crippen LogP) is 1.73. The number of sulfone groups is 1. The first kappa shape index (κ1) is 12.6. The second kappa shape index (κ2) is 5.02. The van der Waals surface area contributed by atoms with E-state index in [2.05, 4.69) is 0 Å². The lowest BCUT2D eigenvalue weighted by molar-refractivity contribution is -0.387. The van der Waals surface area contributed by atoms with Crippen LogP contribution in [0, 0.1) is 10.1 Å². The highest BCUT2D eigenvalue weighted by Gasteiger charge is 2.24. The third-order valence-electron chi connectivity index (χ3n) is 1.94. The van der Waals surface area contributed by atoms with Crippen molar-refractivity contribution in [3.8, 4) is 0 Å². The Kier molecular flexibility index (Phi) is 3.94. The lowest BCUT2D eigenvalue weighted by atomic mass is 10.3. The molecule has 0 aromatic heterocycles. The largest absolute Gasteiger partial charge is 0.287 e. The van der Waals surface area contributed by atoms with Gasteiger partial charge in [0.05, 0.1) is 17.4 Å². The van der Waals surface area contributed by atoms with E-state index in [4.69, 9.17) is 0 Å². The van der Waals surface area contributed by atoms with Gasteiger partial charge in [-0.2, -0.15) is 0 Å². The van der Waals surface area contributed by atoms with Gasteiger partial charge in [-0.1, -0.05) is 12.1 Å². The second-order valence-corrected chi connectivity index (χ2v) is 5.16. The average Bonchev–Trinajstić information content (AvgIpc) is 2.26. The molecule has 1 rings (SSSR count). The molecule has 0 aliphatic rings. The summed E-state index contributed by atoms with van der Waals surface area (Å²) in [7, 11) is -3.78. The Bertz CT molecular complexity index is 486. The zero-order valence-corrected chi connectivity index (χ0v) is 9.11. The zero-order chi connectivity index (χ0) is 12.2. The van der Waals surface area contributed by atoms with Crippen LogP contribution in [0.15, 0.2) is 29.2 Å². The smallest absolute Gasteiger partial charge is 0.258 e. The van der Waals surface area contributed by atoms with Gasteiger partial charge in [-0.15, -0.1) is 0 Å². The number of alkyl halides is 1. The number of para-hydroxylation sites is 1. The fraction of sp³-hybridized carbons (Fsp3) is 0.333. The molecule has 0 atom stereocenters. The lowest BCUT2D eigenvalue weighted by Gasteiger charge is -2.03. The van der Waals surface area contributed by atoms with E-state index in [-0.39, 0.29) is 11.3 Å². The topological polar surface area (TPSA) is 77.3 Å². The third kappa shape index (κ3) is 2.75. The Balaban J connectivity index is 3.17. The summed E-state index contributed by atoms with van der Waals surface area (Å²) in [4.78, 5) is 9.49. The van der Waals surface area contributed by atoms with E-state index in [1.165, 1.54) is 12.1 Å². The van der Waals surface area contributed by atoms with Crippen molar-refractivity contribution in [1.82, 2.24) is 0 Å². The summed E-state index contributed by atoms with van der Waals surface area (Å²) < 4.78 is 35.2. The van der Waals surface area contributed by atoms with Crippen LogP contribution in [-0.2, 0) is 9.84 Å². The van der Waals surface area contributed by atoms with Crippen LogP contribution in [0.4, 0.5) is 10.1 Å². The molecule has 0 N–H and O–H groups in total. The van der Waals surface area contributed by atoms with Gasteiger partial charge < -0.3 is 0 Å².